The van der Waals surface area contributed by atoms with Crippen molar-refractivity contribution in [3.8, 4) is 10.9 Å². The molecule has 2 aliphatic rings. The second-order valence-corrected chi connectivity index (χ2v) is 9.29. The number of thiazole rings is 1. The molecule has 5 rings (SSSR count). The van der Waals surface area contributed by atoms with Gasteiger partial charge in [-0.05, 0) is 55.5 Å². The van der Waals surface area contributed by atoms with E-state index in [1.54, 1.807) is 13.1 Å². The normalized spacial score (nSPS) is 21.3. The highest BCUT2D eigenvalue weighted by atomic mass is 32.1. The number of benzene rings is 1. The number of amides is 1. The lowest BCUT2D eigenvalue weighted by molar-refractivity contribution is -0.134. The highest BCUT2D eigenvalue weighted by Gasteiger charge is 2.40. The number of piperazine rings is 1. The number of ether oxygens (including phenoxy) is 1. The van der Waals surface area contributed by atoms with E-state index in [1.165, 1.54) is 22.5 Å². The molecule has 2 fully saturated rings. The molecule has 0 N–H and O–H groups in total. The molecule has 156 valence electrons. The number of likely N-dealkylation sites (tertiary alicyclic amines) is 1. The van der Waals surface area contributed by atoms with Gasteiger partial charge < -0.3 is 9.64 Å². The van der Waals surface area contributed by atoms with E-state index >= 15 is 0 Å². The van der Waals surface area contributed by atoms with Crippen LogP contribution in [0.4, 0.5) is 0 Å². The molecule has 0 aliphatic carbocycles. The van der Waals surface area contributed by atoms with Gasteiger partial charge in [0, 0.05) is 44.8 Å². The van der Waals surface area contributed by atoms with Crippen LogP contribution in [-0.2, 0) is 11.2 Å². The fourth-order valence-electron chi connectivity index (χ4n) is 4.78. The number of rotatable bonds is 5. The van der Waals surface area contributed by atoms with Gasteiger partial charge in [-0.25, -0.2) is 4.98 Å². The van der Waals surface area contributed by atoms with Gasteiger partial charge in [-0.3, -0.25) is 9.69 Å². The molecule has 0 radical (unpaired) electrons. The monoisotopic (exact) mass is 422 g/mol. The third-order valence-corrected chi connectivity index (χ3v) is 7.29. The summed E-state index contributed by atoms with van der Waals surface area (Å²) in [5.41, 5.74) is 3.20. The lowest BCUT2D eigenvalue weighted by Gasteiger charge is -2.40. The standard InChI is InChI=1S/C23H26N4O2S/c1-15-9-11-24-22-21(15)30-23(25-22)29-20-7-3-17(4-8-20)10-12-26-13-18-5-6-19(14-26)27(18)16(2)28/h3-4,7-9,11,18-19H,5-6,10,12-14H2,1-2H3/t18-,19+. The number of hydrogen-bond acceptors (Lipinski definition) is 6. The van der Waals surface area contributed by atoms with Crippen LogP contribution in [0.5, 0.6) is 10.9 Å². The summed E-state index contributed by atoms with van der Waals surface area (Å²) >= 11 is 1.53. The third-order valence-electron chi connectivity index (χ3n) is 6.24. The molecule has 1 amide bonds. The molecule has 30 heavy (non-hydrogen) atoms. The van der Waals surface area contributed by atoms with Gasteiger partial charge in [-0.1, -0.05) is 23.5 Å². The first-order valence-electron chi connectivity index (χ1n) is 10.6. The van der Waals surface area contributed by atoms with Gasteiger partial charge in [0.05, 0.1) is 4.70 Å². The lowest BCUT2D eigenvalue weighted by atomic mass is 10.1. The van der Waals surface area contributed by atoms with Crippen LogP contribution in [-0.4, -0.2) is 57.4 Å². The Labute approximate surface area is 180 Å². The average Bonchev–Trinajstić information content (AvgIpc) is 3.26. The zero-order valence-electron chi connectivity index (χ0n) is 17.4. The molecule has 2 aliphatic heterocycles. The maximum Gasteiger partial charge on any atom is 0.281 e. The summed E-state index contributed by atoms with van der Waals surface area (Å²) in [5, 5.41) is 0.623. The number of aromatic nitrogens is 2. The van der Waals surface area contributed by atoms with Crippen molar-refractivity contribution >= 4 is 27.6 Å². The summed E-state index contributed by atoms with van der Waals surface area (Å²) in [6, 6.07) is 11.1. The number of fused-ring (bicyclic) bond motifs is 3. The summed E-state index contributed by atoms with van der Waals surface area (Å²) < 4.78 is 7.03. The second-order valence-electron chi connectivity index (χ2n) is 8.33. The molecular formula is C23H26N4O2S. The number of nitrogens with zero attached hydrogens (tertiary/aromatic N) is 4. The molecule has 4 heterocycles. The first kappa shape index (κ1) is 19.5. The van der Waals surface area contributed by atoms with E-state index < -0.39 is 0 Å². The molecule has 0 spiro atoms. The van der Waals surface area contributed by atoms with Gasteiger partial charge >= 0.3 is 0 Å². The van der Waals surface area contributed by atoms with Crippen molar-refractivity contribution < 1.29 is 9.53 Å². The van der Waals surface area contributed by atoms with Gasteiger partial charge in [-0.15, -0.1) is 0 Å². The molecule has 0 unspecified atom stereocenters. The summed E-state index contributed by atoms with van der Waals surface area (Å²) in [6.45, 7) is 6.80. The average molecular weight is 423 g/mol. The van der Waals surface area contributed by atoms with Gasteiger partial charge in [0.25, 0.3) is 5.19 Å². The van der Waals surface area contributed by atoms with E-state index in [0.29, 0.717) is 17.3 Å². The largest absolute Gasteiger partial charge is 0.431 e. The molecule has 3 aromatic rings. The van der Waals surface area contributed by atoms with Crippen molar-refractivity contribution in [3.05, 3.63) is 47.7 Å². The number of pyridine rings is 1. The summed E-state index contributed by atoms with van der Waals surface area (Å²) in [7, 11) is 0. The first-order chi connectivity index (χ1) is 14.6. The Hall–Kier alpha value is -2.51. The van der Waals surface area contributed by atoms with Gasteiger partial charge in [0.15, 0.2) is 5.65 Å². The zero-order chi connectivity index (χ0) is 20.7. The predicted octanol–water partition coefficient (Wildman–Crippen LogP) is 4.03. The van der Waals surface area contributed by atoms with Crippen molar-refractivity contribution in [2.75, 3.05) is 19.6 Å². The predicted molar refractivity (Wildman–Crippen MR) is 118 cm³/mol. The number of carbonyl (C=O) groups is 1. The highest BCUT2D eigenvalue weighted by molar-refractivity contribution is 7.20. The number of aryl methyl sites for hydroxylation is 1. The van der Waals surface area contributed by atoms with Gasteiger partial charge in [0.1, 0.15) is 5.75 Å². The lowest BCUT2D eigenvalue weighted by Crippen LogP contribution is -2.55. The maximum absolute atomic E-state index is 11.9. The van der Waals surface area contributed by atoms with Gasteiger partial charge in [-0.2, -0.15) is 4.98 Å². The topological polar surface area (TPSA) is 58.6 Å². The maximum atomic E-state index is 11.9. The van der Waals surface area contributed by atoms with Crippen LogP contribution < -0.4 is 4.74 Å². The van der Waals surface area contributed by atoms with Crippen LogP contribution in [0.3, 0.4) is 0 Å². The molecule has 2 atom stereocenters. The Morgan fingerprint density at radius 2 is 1.90 bits per heavy atom. The van der Waals surface area contributed by atoms with Crippen LogP contribution in [0.1, 0.15) is 30.9 Å². The quantitative estimate of drug-likeness (QED) is 0.621. The number of carbonyl (C=O) groups excluding carboxylic acids is 1. The van der Waals surface area contributed by atoms with Crippen molar-refractivity contribution in [1.82, 2.24) is 19.8 Å². The minimum atomic E-state index is 0.233. The van der Waals surface area contributed by atoms with E-state index in [9.17, 15) is 4.79 Å². The van der Waals surface area contributed by atoms with Gasteiger partial charge in [0.2, 0.25) is 5.91 Å². The molecule has 0 saturated carbocycles. The Morgan fingerprint density at radius 3 is 2.57 bits per heavy atom. The zero-order valence-corrected chi connectivity index (χ0v) is 18.2. The summed E-state index contributed by atoms with van der Waals surface area (Å²) in [4.78, 5) is 25.3. The fraction of sp³-hybridized carbons (Fsp3) is 0.435. The second kappa shape index (κ2) is 7.96. The van der Waals surface area contributed by atoms with E-state index in [1.807, 2.05) is 18.2 Å². The van der Waals surface area contributed by atoms with Crippen molar-refractivity contribution in [3.63, 3.8) is 0 Å². The minimum Gasteiger partial charge on any atom is -0.431 e. The number of hydrogen-bond donors (Lipinski definition) is 0. The molecule has 1 aromatic carbocycles. The first-order valence-corrected chi connectivity index (χ1v) is 11.4. The summed E-state index contributed by atoms with van der Waals surface area (Å²) in [5.74, 6) is 1.03. The smallest absolute Gasteiger partial charge is 0.281 e. The van der Waals surface area contributed by atoms with Crippen molar-refractivity contribution in [2.45, 2.75) is 45.2 Å². The molecule has 7 heteroatoms. The third kappa shape index (κ3) is 3.79. The molecule has 6 nitrogen and oxygen atoms in total. The van der Waals surface area contributed by atoms with E-state index in [0.717, 1.165) is 55.0 Å². The fourth-order valence-corrected chi connectivity index (χ4v) is 5.64. The van der Waals surface area contributed by atoms with Crippen LogP contribution >= 0.6 is 11.3 Å². The van der Waals surface area contributed by atoms with Crippen LogP contribution in [0.25, 0.3) is 10.3 Å². The van der Waals surface area contributed by atoms with E-state index in [2.05, 4.69) is 38.8 Å². The molecule has 2 saturated heterocycles. The SMILES string of the molecule is CC(=O)N1[C@@H]2CC[C@H]1CN(CCc1ccc(Oc3nc4nccc(C)c4s3)cc1)C2. The Morgan fingerprint density at radius 1 is 1.17 bits per heavy atom. The van der Waals surface area contributed by atoms with Crippen LogP contribution in [0.15, 0.2) is 36.5 Å². The van der Waals surface area contributed by atoms with Crippen molar-refractivity contribution in [2.24, 2.45) is 0 Å². The Bertz CT molecular complexity index is 1050. The van der Waals surface area contributed by atoms with E-state index in [-0.39, 0.29) is 5.91 Å². The molecular weight excluding hydrogens is 396 g/mol. The van der Waals surface area contributed by atoms with E-state index in [4.69, 9.17) is 4.74 Å². The Balaban J connectivity index is 1.18. The Kier molecular flexibility index (Phi) is 5.16. The highest BCUT2D eigenvalue weighted by Crippen LogP contribution is 2.32. The van der Waals surface area contributed by atoms with Crippen LogP contribution in [0.2, 0.25) is 0 Å². The minimum absolute atomic E-state index is 0.233. The van der Waals surface area contributed by atoms with Crippen molar-refractivity contribution in [1.29, 1.82) is 0 Å². The molecule has 2 bridgehead atoms. The summed E-state index contributed by atoms with van der Waals surface area (Å²) in [6.07, 6.45) is 5.08. The molecule has 2 aromatic heterocycles. The van der Waals surface area contributed by atoms with Crippen LogP contribution in [0, 0.1) is 6.92 Å².